The summed E-state index contributed by atoms with van der Waals surface area (Å²) in [5.74, 6) is 0.621. The quantitative estimate of drug-likeness (QED) is 0.465. The molecule has 3 aromatic rings. The SMILES string of the molecule is CC(NC(=O)OC(C)(C)C)C(=O)N1CCN(c2cc(N3CCOCC3)nc(-n3c(C(F)F)nc4ccccc43)n2)CC1. The standard InChI is InChI=1S/C28H36F2N8O4/c1-18(31-27(40)42-28(2,3)4)25(39)37-11-9-35(10-12-37)21-17-22(36-13-15-41-16-14-36)34-26(33-21)38-20-8-6-5-7-19(20)32-24(38)23(29)30/h5-8,17-18,23H,9-16H2,1-4H3,(H,31,40). The van der Waals surface area contributed by atoms with Crippen molar-refractivity contribution in [3.63, 3.8) is 0 Å². The van der Waals surface area contributed by atoms with Gasteiger partial charge in [0.25, 0.3) is 6.43 Å². The number of anilines is 2. The van der Waals surface area contributed by atoms with Crippen molar-refractivity contribution in [3.8, 4) is 5.95 Å². The first kappa shape index (κ1) is 29.4. The number of alkyl carbamates (subject to hydrolysis) is 1. The number of carbonyl (C=O) groups is 2. The van der Waals surface area contributed by atoms with Crippen molar-refractivity contribution >= 4 is 34.7 Å². The lowest BCUT2D eigenvalue weighted by molar-refractivity contribution is -0.133. The fraction of sp³-hybridized carbons (Fsp3) is 0.536. The normalized spacial score (nSPS) is 17.1. The number of hydrogen-bond acceptors (Lipinski definition) is 9. The number of piperazine rings is 1. The predicted octanol–water partition coefficient (Wildman–Crippen LogP) is 3.15. The van der Waals surface area contributed by atoms with Crippen LogP contribution in [-0.2, 0) is 14.3 Å². The van der Waals surface area contributed by atoms with E-state index in [0.29, 0.717) is 75.2 Å². The van der Waals surface area contributed by atoms with E-state index < -0.39 is 30.0 Å². The molecule has 12 nitrogen and oxygen atoms in total. The van der Waals surface area contributed by atoms with Gasteiger partial charge in [0.05, 0.1) is 24.2 Å². The highest BCUT2D eigenvalue weighted by molar-refractivity contribution is 5.85. The Bertz CT molecular complexity index is 1430. The molecule has 1 unspecified atom stereocenters. The van der Waals surface area contributed by atoms with E-state index in [1.54, 1.807) is 56.9 Å². The van der Waals surface area contributed by atoms with Crippen LogP contribution >= 0.6 is 0 Å². The van der Waals surface area contributed by atoms with E-state index in [1.165, 1.54) is 4.57 Å². The Labute approximate surface area is 242 Å². The average molecular weight is 587 g/mol. The molecule has 0 radical (unpaired) electrons. The molecule has 226 valence electrons. The Balaban J connectivity index is 1.39. The molecular weight excluding hydrogens is 550 g/mol. The molecule has 2 amide bonds. The number of nitrogens with zero attached hydrogens (tertiary/aromatic N) is 7. The zero-order chi connectivity index (χ0) is 30.0. The van der Waals surface area contributed by atoms with Crippen LogP contribution in [0.3, 0.4) is 0 Å². The fourth-order valence-electron chi connectivity index (χ4n) is 5.00. The number of morpholine rings is 1. The average Bonchev–Trinajstić information content (AvgIpc) is 3.36. The van der Waals surface area contributed by atoms with E-state index in [4.69, 9.17) is 19.4 Å². The van der Waals surface area contributed by atoms with E-state index in [1.807, 2.05) is 15.9 Å². The molecule has 1 aromatic carbocycles. The van der Waals surface area contributed by atoms with Crippen LogP contribution in [0, 0.1) is 0 Å². The zero-order valence-corrected chi connectivity index (χ0v) is 24.2. The Morgan fingerprint density at radius 3 is 2.19 bits per heavy atom. The molecule has 2 fully saturated rings. The lowest BCUT2D eigenvalue weighted by Crippen LogP contribution is -2.54. The second-order valence-corrected chi connectivity index (χ2v) is 11.3. The van der Waals surface area contributed by atoms with Crippen molar-refractivity contribution < 1.29 is 27.8 Å². The summed E-state index contributed by atoms with van der Waals surface area (Å²) < 4.78 is 40.4. The van der Waals surface area contributed by atoms with Gasteiger partial charge in [0.15, 0.2) is 5.82 Å². The van der Waals surface area contributed by atoms with Crippen LogP contribution in [0.4, 0.5) is 25.2 Å². The molecule has 0 aliphatic carbocycles. The van der Waals surface area contributed by atoms with Crippen LogP contribution in [-0.4, -0.2) is 101 Å². The summed E-state index contributed by atoms with van der Waals surface area (Å²) in [7, 11) is 0. The Morgan fingerprint density at radius 2 is 1.57 bits per heavy atom. The largest absolute Gasteiger partial charge is 0.444 e. The molecule has 2 saturated heterocycles. The minimum absolute atomic E-state index is 0.103. The van der Waals surface area contributed by atoms with Crippen LogP contribution in [0.25, 0.3) is 17.0 Å². The lowest BCUT2D eigenvalue weighted by atomic mass is 10.2. The first-order chi connectivity index (χ1) is 20.0. The summed E-state index contributed by atoms with van der Waals surface area (Å²) in [6.45, 7) is 10.8. The second kappa shape index (κ2) is 12.0. The minimum Gasteiger partial charge on any atom is -0.444 e. The Kier molecular flexibility index (Phi) is 8.43. The first-order valence-electron chi connectivity index (χ1n) is 14.0. The van der Waals surface area contributed by atoms with Crippen molar-refractivity contribution in [2.24, 2.45) is 0 Å². The van der Waals surface area contributed by atoms with Crippen LogP contribution in [0.2, 0.25) is 0 Å². The number of nitrogens with one attached hydrogen (secondary N) is 1. The minimum atomic E-state index is -2.83. The first-order valence-corrected chi connectivity index (χ1v) is 14.0. The molecule has 2 aromatic heterocycles. The van der Waals surface area contributed by atoms with Gasteiger partial charge in [-0.05, 0) is 39.8 Å². The van der Waals surface area contributed by atoms with Gasteiger partial charge in [-0.15, -0.1) is 0 Å². The smallest absolute Gasteiger partial charge is 0.408 e. The third-order valence-electron chi connectivity index (χ3n) is 7.02. The predicted molar refractivity (Wildman–Crippen MR) is 152 cm³/mol. The molecule has 4 heterocycles. The van der Waals surface area contributed by atoms with Gasteiger partial charge in [0, 0.05) is 45.3 Å². The molecule has 2 aliphatic rings. The van der Waals surface area contributed by atoms with Gasteiger partial charge in [-0.25, -0.2) is 18.6 Å². The molecule has 2 aliphatic heterocycles. The van der Waals surface area contributed by atoms with Gasteiger partial charge in [0.1, 0.15) is 23.3 Å². The Hall–Kier alpha value is -4.07. The number of fused-ring (bicyclic) bond motifs is 1. The summed E-state index contributed by atoms with van der Waals surface area (Å²) in [6, 6.07) is 8.00. The summed E-state index contributed by atoms with van der Waals surface area (Å²) in [4.78, 5) is 44.5. The summed E-state index contributed by atoms with van der Waals surface area (Å²) in [5.41, 5.74) is 0.240. The number of hydrogen-bond donors (Lipinski definition) is 1. The topological polar surface area (TPSA) is 118 Å². The van der Waals surface area contributed by atoms with Crippen molar-refractivity contribution in [1.29, 1.82) is 0 Å². The van der Waals surface area contributed by atoms with Crippen molar-refractivity contribution in [2.75, 3.05) is 62.3 Å². The molecule has 1 N–H and O–H groups in total. The lowest BCUT2D eigenvalue weighted by Gasteiger charge is -2.37. The maximum atomic E-state index is 14.2. The third kappa shape index (κ3) is 6.53. The van der Waals surface area contributed by atoms with Crippen LogP contribution in [0.5, 0.6) is 0 Å². The number of ether oxygens (including phenoxy) is 2. The van der Waals surface area contributed by atoms with E-state index in [2.05, 4.69) is 10.3 Å². The van der Waals surface area contributed by atoms with Crippen molar-refractivity contribution in [2.45, 2.75) is 45.8 Å². The van der Waals surface area contributed by atoms with Gasteiger partial charge in [0.2, 0.25) is 11.9 Å². The van der Waals surface area contributed by atoms with Gasteiger partial charge < -0.3 is 29.5 Å². The van der Waals surface area contributed by atoms with Gasteiger partial charge in [-0.1, -0.05) is 12.1 Å². The van der Waals surface area contributed by atoms with Crippen molar-refractivity contribution in [1.82, 2.24) is 29.7 Å². The molecular formula is C28H36F2N8O4. The number of halogens is 2. The van der Waals surface area contributed by atoms with E-state index in [0.717, 1.165) is 0 Å². The monoisotopic (exact) mass is 586 g/mol. The molecule has 0 saturated carbocycles. The molecule has 42 heavy (non-hydrogen) atoms. The molecule has 0 spiro atoms. The number of amides is 2. The maximum absolute atomic E-state index is 14.2. The number of aromatic nitrogens is 4. The highest BCUT2D eigenvalue weighted by atomic mass is 19.3. The number of para-hydroxylation sites is 2. The van der Waals surface area contributed by atoms with E-state index in [9.17, 15) is 18.4 Å². The molecule has 5 rings (SSSR count). The summed E-state index contributed by atoms with van der Waals surface area (Å²) >= 11 is 0. The number of benzene rings is 1. The summed E-state index contributed by atoms with van der Waals surface area (Å²) in [5, 5.41) is 2.60. The number of alkyl halides is 2. The Morgan fingerprint density at radius 1 is 0.952 bits per heavy atom. The van der Waals surface area contributed by atoms with Gasteiger partial charge in [-0.2, -0.15) is 9.97 Å². The maximum Gasteiger partial charge on any atom is 0.408 e. The molecule has 1 atom stereocenters. The van der Waals surface area contributed by atoms with Crippen LogP contribution in [0.1, 0.15) is 39.9 Å². The second-order valence-electron chi connectivity index (χ2n) is 11.3. The number of carbonyl (C=O) groups excluding carboxylic acids is 2. The van der Waals surface area contributed by atoms with Gasteiger partial charge in [-0.3, -0.25) is 9.36 Å². The highest BCUT2D eigenvalue weighted by Crippen LogP contribution is 2.29. The molecule has 0 bridgehead atoms. The third-order valence-corrected chi connectivity index (χ3v) is 7.02. The summed E-state index contributed by atoms with van der Waals surface area (Å²) in [6.07, 6.45) is -3.48. The van der Waals surface area contributed by atoms with Crippen molar-refractivity contribution in [3.05, 3.63) is 36.2 Å². The number of imidazole rings is 1. The number of rotatable bonds is 6. The van der Waals surface area contributed by atoms with Crippen LogP contribution in [0.15, 0.2) is 30.3 Å². The van der Waals surface area contributed by atoms with E-state index >= 15 is 0 Å². The highest BCUT2D eigenvalue weighted by Gasteiger charge is 2.29. The fourth-order valence-corrected chi connectivity index (χ4v) is 5.00. The molecule has 14 heteroatoms. The van der Waals surface area contributed by atoms with Crippen LogP contribution < -0.4 is 15.1 Å². The van der Waals surface area contributed by atoms with E-state index in [-0.39, 0.29) is 11.9 Å². The van der Waals surface area contributed by atoms with Gasteiger partial charge >= 0.3 is 6.09 Å². The zero-order valence-electron chi connectivity index (χ0n) is 24.2.